The second-order valence-corrected chi connectivity index (χ2v) is 6.60. The van der Waals surface area contributed by atoms with E-state index in [1.54, 1.807) is 0 Å². The molecule has 1 aromatic carbocycles. The molecule has 0 bridgehead atoms. The van der Waals surface area contributed by atoms with Crippen molar-refractivity contribution in [2.75, 3.05) is 6.54 Å². The van der Waals surface area contributed by atoms with Gasteiger partial charge >= 0.3 is 0 Å². The highest BCUT2D eigenvalue weighted by atomic mass is 127. The first-order valence-corrected chi connectivity index (χ1v) is 7.73. The molecule has 0 spiro atoms. The lowest BCUT2D eigenvalue weighted by atomic mass is 9.97. The number of hydrogen-bond donors (Lipinski definition) is 1. The molecule has 0 amide bonds. The molecular weight excluding hydrogens is 321 g/mol. The van der Waals surface area contributed by atoms with E-state index in [-0.39, 0.29) is 0 Å². The van der Waals surface area contributed by atoms with Crippen molar-refractivity contribution >= 4 is 22.6 Å². The maximum atomic E-state index is 3.69. The van der Waals surface area contributed by atoms with Crippen molar-refractivity contribution in [1.82, 2.24) is 5.32 Å². The molecule has 17 heavy (non-hydrogen) atoms. The summed E-state index contributed by atoms with van der Waals surface area (Å²) in [6.45, 7) is 5.84. The number of benzene rings is 1. The molecule has 0 radical (unpaired) electrons. The molecule has 0 aromatic heterocycles. The maximum Gasteiger partial charge on any atom is 0.0291 e. The monoisotopic (exact) mass is 343 g/mol. The predicted octanol–water partition coefficient (Wildman–Crippen LogP) is 4.38. The van der Waals surface area contributed by atoms with Gasteiger partial charge in [0.25, 0.3) is 0 Å². The molecule has 3 atom stereocenters. The van der Waals surface area contributed by atoms with Crippen molar-refractivity contribution in [3.05, 3.63) is 33.4 Å². The number of halogens is 1. The quantitative estimate of drug-likeness (QED) is 0.800. The molecule has 3 unspecified atom stereocenters. The van der Waals surface area contributed by atoms with Crippen molar-refractivity contribution in [3.8, 4) is 0 Å². The van der Waals surface area contributed by atoms with Gasteiger partial charge in [-0.2, -0.15) is 0 Å². The van der Waals surface area contributed by atoms with Crippen molar-refractivity contribution in [3.63, 3.8) is 0 Å². The lowest BCUT2D eigenvalue weighted by Gasteiger charge is -2.20. The molecule has 94 valence electrons. The van der Waals surface area contributed by atoms with Crippen molar-refractivity contribution < 1.29 is 0 Å². The summed E-state index contributed by atoms with van der Waals surface area (Å²) in [7, 11) is 0. The first-order chi connectivity index (χ1) is 8.16. The average Bonchev–Trinajstić information content (AvgIpc) is 2.73. The van der Waals surface area contributed by atoms with Crippen LogP contribution in [-0.4, -0.2) is 6.54 Å². The molecule has 1 aromatic rings. The fraction of sp³-hybridized carbons (Fsp3) is 0.600. The number of nitrogens with one attached hydrogen (secondary N) is 1. The number of rotatable bonds is 4. The molecule has 0 heterocycles. The van der Waals surface area contributed by atoms with Gasteiger partial charge in [-0.15, -0.1) is 0 Å². The third-order valence-corrected chi connectivity index (χ3v) is 4.81. The van der Waals surface area contributed by atoms with Gasteiger partial charge in [0.05, 0.1) is 0 Å². The predicted molar refractivity (Wildman–Crippen MR) is 82.1 cm³/mol. The Morgan fingerprint density at radius 3 is 2.59 bits per heavy atom. The van der Waals surface area contributed by atoms with Gasteiger partial charge in [0.1, 0.15) is 0 Å². The van der Waals surface area contributed by atoms with Crippen molar-refractivity contribution in [2.45, 2.75) is 39.2 Å². The zero-order valence-electron chi connectivity index (χ0n) is 10.7. The molecule has 0 saturated heterocycles. The second kappa shape index (κ2) is 6.19. The third-order valence-electron chi connectivity index (χ3n) is 4.10. The van der Waals surface area contributed by atoms with Crippen LogP contribution in [0.15, 0.2) is 24.3 Å². The highest BCUT2D eigenvalue weighted by molar-refractivity contribution is 14.1. The van der Waals surface area contributed by atoms with E-state index in [1.807, 2.05) is 0 Å². The minimum Gasteiger partial charge on any atom is -0.310 e. The van der Waals surface area contributed by atoms with E-state index >= 15 is 0 Å². The van der Waals surface area contributed by atoms with Crippen LogP contribution in [-0.2, 0) is 0 Å². The Morgan fingerprint density at radius 1 is 1.29 bits per heavy atom. The van der Waals surface area contributed by atoms with Crippen molar-refractivity contribution in [1.29, 1.82) is 0 Å². The van der Waals surface area contributed by atoms with E-state index in [2.05, 4.69) is 66.0 Å². The van der Waals surface area contributed by atoms with E-state index in [4.69, 9.17) is 0 Å². The molecule has 2 heteroatoms. The molecular formula is C15H22IN. The Morgan fingerprint density at radius 2 is 2.00 bits per heavy atom. The van der Waals surface area contributed by atoms with Gasteiger partial charge in [0.15, 0.2) is 0 Å². The minimum absolute atomic E-state index is 0.472. The van der Waals surface area contributed by atoms with Crippen LogP contribution in [0.5, 0.6) is 0 Å². The molecule has 1 nitrogen and oxygen atoms in total. The Balaban J connectivity index is 1.84. The van der Waals surface area contributed by atoms with Gasteiger partial charge < -0.3 is 5.32 Å². The fourth-order valence-corrected chi connectivity index (χ4v) is 3.08. The zero-order chi connectivity index (χ0) is 12.3. The van der Waals surface area contributed by atoms with Gasteiger partial charge in [-0.3, -0.25) is 0 Å². The molecule has 2 rings (SSSR count). The summed E-state index contributed by atoms with van der Waals surface area (Å²) in [6, 6.07) is 9.31. The first-order valence-electron chi connectivity index (χ1n) is 6.65. The summed E-state index contributed by atoms with van der Waals surface area (Å²) in [4.78, 5) is 0. The van der Waals surface area contributed by atoms with Gasteiger partial charge in [-0.25, -0.2) is 0 Å². The van der Waals surface area contributed by atoms with E-state index < -0.39 is 0 Å². The van der Waals surface area contributed by atoms with Gasteiger partial charge in [0.2, 0.25) is 0 Å². The second-order valence-electron chi connectivity index (χ2n) is 5.35. The molecule has 1 fully saturated rings. The molecule has 1 aliphatic rings. The topological polar surface area (TPSA) is 12.0 Å². The Hall–Kier alpha value is -0.0900. The Kier molecular flexibility index (Phi) is 4.86. The molecule has 1 saturated carbocycles. The fourth-order valence-electron chi connectivity index (χ4n) is 2.72. The van der Waals surface area contributed by atoms with Gasteiger partial charge in [-0.05, 0) is 72.0 Å². The minimum atomic E-state index is 0.472. The smallest absolute Gasteiger partial charge is 0.0291 e. The van der Waals surface area contributed by atoms with Crippen LogP contribution >= 0.6 is 22.6 Å². The number of hydrogen-bond acceptors (Lipinski definition) is 1. The van der Waals surface area contributed by atoms with Crippen LogP contribution in [0.2, 0.25) is 0 Å². The zero-order valence-corrected chi connectivity index (χ0v) is 12.9. The summed E-state index contributed by atoms with van der Waals surface area (Å²) in [5.74, 6) is 1.80. The Bertz CT molecular complexity index is 346. The van der Waals surface area contributed by atoms with E-state index in [0.29, 0.717) is 6.04 Å². The molecule has 1 N–H and O–H groups in total. The SMILES string of the molecule is CC(NCC1CCCC1C)c1ccc(I)cc1. The highest BCUT2D eigenvalue weighted by Gasteiger charge is 2.23. The summed E-state index contributed by atoms with van der Waals surface area (Å²) >= 11 is 2.35. The van der Waals surface area contributed by atoms with E-state index in [1.165, 1.54) is 34.9 Å². The lowest BCUT2D eigenvalue weighted by Crippen LogP contribution is -2.26. The highest BCUT2D eigenvalue weighted by Crippen LogP contribution is 2.31. The Labute approximate surface area is 119 Å². The largest absolute Gasteiger partial charge is 0.310 e. The van der Waals surface area contributed by atoms with Crippen molar-refractivity contribution in [2.24, 2.45) is 11.8 Å². The lowest BCUT2D eigenvalue weighted by molar-refractivity contribution is 0.375. The normalized spacial score (nSPS) is 26.1. The third kappa shape index (κ3) is 3.68. The average molecular weight is 343 g/mol. The standard InChI is InChI=1S/C15H22IN/c1-11-4-3-5-14(11)10-17-12(2)13-6-8-15(16)9-7-13/h6-9,11-12,14,17H,3-5,10H2,1-2H3. The van der Waals surface area contributed by atoms with E-state index in [9.17, 15) is 0 Å². The summed E-state index contributed by atoms with van der Waals surface area (Å²) in [5.41, 5.74) is 1.40. The van der Waals surface area contributed by atoms with Gasteiger partial charge in [-0.1, -0.05) is 31.9 Å². The van der Waals surface area contributed by atoms with Crippen LogP contribution in [0.1, 0.15) is 44.7 Å². The summed E-state index contributed by atoms with van der Waals surface area (Å²) in [6.07, 6.45) is 4.25. The maximum absolute atomic E-state index is 3.69. The molecule has 1 aliphatic carbocycles. The first kappa shape index (κ1) is 13.3. The van der Waals surface area contributed by atoms with E-state index in [0.717, 1.165) is 11.8 Å². The van der Waals surface area contributed by atoms with Crippen LogP contribution in [0.4, 0.5) is 0 Å². The van der Waals surface area contributed by atoms with Crippen LogP contribution in [0.3, 0.4) is 0 Å². The van der Waals surface area contributed by atoms with Crippen LogP contribution in [0.25, 0.3) is 0 Å². The summed E-state index contributed by atoms with van der Waals surface area (Å²) in [5, 5.41) is 3.69. The van der Waals surface area contributed by atoms with Crippen LogP contribution < -0.4 is 5.32 Å². The molecule has 0 aliphatic heterocycles. The summed E-state index contributed by atoms with van der Waals surface area (Å²) < 4.78 is 1.31. The van der Waals surface area contributed by atoms with Gasteiger partial charge in [0, 0.05) is 9.61 Å². The van der Waals surface area contributed by atoms with Crippen LogP contribution in [0, 0.1) is 15.4 Å².